The van der Waals surface area contributed by atoms with Crippen LogP contribution in [-0.2, 0) is 14.4 Å². The molecule has 1 unspecified atom stereocenters. The summed E-state index contributed by atoms with van der Waals surface area (Å²) in [5.74, 6) is -0.138. The van der Waals surface area contributed by atoms with Crippen molar-refractivity contribution in [3.8, 4) is 0 Å². The van der Waals surface area contributed by atoms with E-state index in [9.17, 15) is 14.4 Å². The molecule has 4 N–H and O–H groups in total. The Morgan fingerprint density at radius 3 is 2.58 bits per heavy atom. The molecule has 7 nitrogen and oxygen atoms in total. The molecule has 1 rings (SSSR count). The summed E-state index contributed by atoms with van der Waals surface area (Å²) in [6, 6.07) is 0. The number of halogens is 1. The Morgan fingerprint density at radius 1 is 1.17 bits per heavy atom. The van der Waals surface area contributed by atoms with E-state index in [-0.39, 0.29) is 36.0 Å². The minimum Gasteiger partial charge on any atom is -0.356 e. The van der Waals surface area contributed by atoms with Gasteiger partial charge in [0.05, 0.1) is 5.92 Å². The van der Waals surface area contributed by atoms with Gasteiger partial charge in [0.1, 0.15) is 0 Å². The molecule has 1 fully saturated rings. The van der Waals surface area contributed by atoms with E-state index in [1.165, 1.54) is 0 Å². The predicted octanol–water partition coefficient (Wildman–Crippen LogP) is 0.418. The highest BCUT2D eigenvalue weighted by Gasteiger charge is 2.27. The second-order valence-electron chi connectivity index (χ2n) is 5.96. The van der Waals surface area contributed by atoms with Crippen LogP contribution in [0, 0.1) is 5.92 Å². The van der Waals surface area contributed by atoms with Gasteiger partial charge >= 0.3 is 0 Å². The van der Waals surface area contributed by atoms with E-state index < -0.39 is 0 Å². The van der Waals surface area contributed by atoms with Crippen LogP contribution in [0.1, 0.15) is 45.4 Å². The van der Waals surface area contributed by atoms with Crippen LogP contribution in [0.4, 0.5) is 0 Å². The molecule has 1 aliphatic heterocycles. The first-order valence-corrected chi connectivity index (χ1v) is 8.60. The summed E-state index contributed by atoms with van der Waals surface area (Å²) in [4.78, 5) is 37.4. The topological polar surface area (TPSA) is 105 Å². The van der Waals surface area contributed by atoms with Gasteiger partial charge < -0.3 is 21.3 Å². The number of nitrogens with one attached hydrogen (secondary N) is 2. The Bertz CT molecular complexity index is 407. The van der Waals surface area contributed by atoms with Gasteiger partial charge in [-0.3, -0.25) is 14.4 Å². The molecule has 1 saturated heterocycles. The van der Waals surface area contributed by atoms with Crippen LogP contribution in [0.3, 0.4) is 0 Å². The molecule has 0 aromatic heterocycles. The molecular formula is C16H31ClN4O3. The third-order valence-electron chi connectivity index (χ3n) is 3.96. The number of carbonyl (C=O) groups is 3. The van der Waals surface area contributed by atoms with Gasteiger partial charge in [0.25, 0.3) is 0 Å². The monoisotopic (exact) mass is 362 g/mol. The first kappa shape index (κ1) is 22.7. The number of nitrogens with two attached hydrogens (primary N) is 1. The number of piperidine rings is 1. The largest absolute Gasteiger partial charge is 0.356 e. The van der Waals surface area contributed by atoms with Crippen molar-refractivity contribution < 1.29 is 14.4 Å². The molecule has 24 heavy (non-hydrogen) atoms. The molecule has 3 amide bonds. The molecule has 140 valence electrons. The summed E-state index contributed by atoms with van der Waals surface area (Å²) >= 11 is 0. The minimum atomic E-state index is -0.146. The molecule has 8 heteroatoms. The molecule has 0 saturated carbocycles. The van der Waals surface area contributed by atoms with E-state index in [4.69, 9.17) is 5.73 Å². The van der Waals surface area contributed by atoms with E-state index in [0.29, 0.717) is 52.0 Å². The van der Waals surface area contributed by atoms with Crippen molar-refractivity contribution in [1.82, 2.24) is 15.5 Å². The maximum atomic E-state index is 12.2. The van der Waals surface area contributed by atoms with Gasteiger partial charge in [-0.25, -0.2) is 0 Å². The first-order valence-electron chi connectivity index (χ1n) is 8.60. The van der Waals surface area contributed by atoms with Crippen molar-refractivity contribution in [1.29, 1.82) is 0 Å². The number of likely N-dealkylation sites (tertiary alicyclic amines) is 1. The van der Waals surface area contributed by atoms with E-state index in [1.807, 2.05) is 6.92 Å². The quantitative estimate of drug-likeness (QED) is 0.552. The van der Waals surface area contributed by atoms with Crippen molar-refractivity contribution >= 4 is 30.1 Å². The molecule has 0 aromatic carbocycles. The minimum absolute atomic E-state index is 0. The smallest absolute Gasteiger partial charge is 0.224 e. The zero-order valence-electron chi connectivity index (χ0n) is 14.5. The molecule has 1 atom stereocenters. The molecule has 0 aliphatic carbocycles. The molecule has 0 aromatic rings. The predicted molar refractivity (Wildman–Crippen MR) is 95.8 cm³/mol. The van der Waals surface area contributed by atoms with E-state index in [1.54, 1.807) is 4.90 Å². The van der Waals surface area contributed by atoms with E-state index in [2.05, 4.69) is 10.6 Å². The van der Waals surface area contributed by atoms with Crippen LogP contribution in [0.5, 0.6) is 0 Å². The number of rotatable bonds is 9. The standard InChI is InChI=1S/C16H30N4O3.ClH/c1-2-9-18-14(21)6-3-7-15(22)20-11-4-5-13(12-20)16(23)19-10-8-17;/h13H,2-12,17H2,1H3,(H,18,21)(H,19,23);1H. The Morgan fingerprint density at radius 2 is 1.92 bits per heavy atom. The fourth-order valence-corrected chi connectivity index (χ4v) is 2.67. The lowest BCUT2D eigenvalue weighted by molar-refractivity contribution is -0.135. The second-order valence-corrected chi connectivity index (χ2v) is 5.96. The Hall–Kier alpha value is -1.34. The first-order chi connectivity index (χ1) is 11.1. The van der Waals surface area contributed by atoms with Gasteiger partial charge in [-0.1, -0.05) is 6.92 Å². The second kappa shape index (κ2) is 13.0. The summed E-state index contributed by atoms with van der Waals surface area (Å²) in [7, 11) is 0. The number of amides is 3. The SMILES string of the molecule is CCCNC(=O)CCCC(=O)N1CCCC(C(=O)NCCN)C1.Cl. The molecule has 1 heterocycles. The summed E-state index contributed by atoms with van der Waals surface area (Å²) in [6.07, 6.45) is 3.83. The maximum absolute atomic E-state index is 12.2. The molecule has 0 spiro atoms. The van der Waals surface area contributed by atoms with Gasteiger partial charge in [0, 0.05) is 45.6 Å². The summed E-state index contributed by atoms with van der Waals surface area (Å²) < 4.78 is 0. The summed E-state index contributed by atoms with van der Waals surface area (Å²) in [6.45, 7) is 4.73. The lowest BCUT2D eigenvalue weighted by atomic mass is 9.96. The highest BCUT2D eigenvalue weighted by atomic mass is 35.5. The lowest BCUT2D eigenvalue weighted by Crippen LogP contribution is -2.46. The Labute approximate surface area is 150 Å². The van der Waals surface area contributed by atoms with Gasteiger partial charge in [-0.2, -0.15) is 0 Å². The van der Waals surface area contributed by atoms with Gasteiger partial charge in [-0.05, 0) is 25.7 Å². The Balaban J connectivity index is 0.00000529. The highest BCUT2D eigenvalue weighted by Crippen LogP contribution is 2.18. The third-order valence-corrected chi connectivity index (χ3v) is 3.96. The molecule has 0 radical (unpaired) electrons. The molecule has 0 bridgehead atoms. The number of hydrogen-bond acceptors (Lipinski definition) is 4. The van der Waals surface area contributed by atoms with Crippen molar-refractivity contribution in [2.45, 2.75) is 45.4 Å². The van der Waals surface area contributed by atoms with Gasteiger partial charge in [0.15, 0.2) is 0 Å². The van der Waals surface area contributed by atoms with Gasteiger partial charge in [0.2, 0.25) is 17.7 Å². The van der Waals surface area contributed by atoms with Crippen LogP contribution in [0.25, 0.3) is 0 Å². The molecule has 1 aliphatic rings. The lowest BCUT2D eigenvalue weighted by Gasteiger charge is -2.32. The van der Waals surface area contributed by atoms with Crippen molar-refractivity contribution in [2.24, 2.45) is 11.7 Å². The van der Waals surface area contributed by atoms with E-state index in [0.717, 1.165) is 19.3 Å². The zero-order chi connectivity index (χ0) is 17.1. The highest BCUT2D eigenvalue weighted by molar-refractivity contribution is 5.85. The molecular weight excluding hydrogens is 332 g/mol. The fourth-order valence-electron chi connectivity index (χ4n) is 2.67. The zero-order valence-corrected chi connectivity index (χ0v) is 15.3. The maximum Gasteiger partial charge on any atom is 0.224 e. The fraction of sp³-hybridized carbons (Fsp3) is 0.812. The number of nitrogens with zero attached hydrogens (tertiary/aromatic N) is 1. The van der Waals surface area contributed by atoms with Crippen molar-refractivity contribution in [2.75, 3.05) is 32.7 Å². The summed E-state index contributed by atoms with van der Waals surface area (Å²) in [5, 5.41) is 5.58. The third kappa shape index (κ3) is 8.49. The van der Waals surface area contributed by atoms with Crippen LogP contribution >= 0.6 is 12.4 Å². The average Bonchev–Trinajstić information content (AvgIpc) is 2.57. The van der Waals surface area contributed by atoms with E-state index >= 15 is 0 Å². The van der Waals surface area contributed by atoms with Crippen LogP contribution in [0.15, 0.2) is 0 Å². The Kier molecular flexibility index (Phi) is 12.3. The number of hydrogen-bond donors (Lipinski definition) is 3. The average molecular weight is 363 g/mol. The van der Waals surface area contributed by atoms with Gasteiger partial charge in [-0.15, -0.1) is 12.4 Å². The normalized spacial score (nSPS) is 16.9. The van der Waals surface area contributed by atoms with Crippen molar-refractivity contribution in [3.05, 3.63) is 0 Å². The summed E-state index contributed by atoms with van der Waals surface area (Å²) in [5.41, 5.74) is 5.38. The van der Waals surface area contributed by atoms with Crippen LogP contribution < -0.4 is 16.4 Å². The van der Waals surface area contributed by atoms with Crippen molar-refractivity contribution in [3.63, 3.8) is 0 Å². The van der Waals surface area contributed by atoms with Crippen LogP contribution in [0.2, 0.25) is 0 Å². The van der Waals surface area contributed by atoms with Crippen LogP contribution in [-0.4, -0.2) is 55.3 Å². The number of carbonyl (C=O) groups excluding carboxylic acids is 3.